The van der Waals surface area contributed by atoms with Crippen molar-refractivity contribution in [3.8, 4) is 17.2 Å². The zero-order valence-electron chi connectivity index (χ0n) is 20.1. The Morgan fingerprint density at radius 2 is 1.66 bits per heavy atom. The van der Waals surface area contributed by atoms with E-state index >= 15 is 0 Å². The fourth-order valence-corrected chi connectivity index (χ4v) is 4.26. The Kier molecular flexibility index (Phi) is 6.78. The Morgan fingerprint density at radius 1 is 0.943 bits per heavy atom. The number of aliphatic hydroxyl groups is 1. The van der Waals surface area contributed by atoms with Crippen molar-refractivity contribution in [2.75, 3.05) is 25.7 Å². The van der Waals surface area contributed by atoms with Crippen LogP contribution < -0.4 is 19.1 Å². The molecule has 1 atom stereocenters. The second-order valence-corrected chi connectivity index (χ2v) is 8.08. The Bertz CT molecular complexity index is 1300. The molecule has 180 valence electrons. The quantitative estimate of drug-likeness (QED) is 0.294. The van der Waals surface area contributed by atoms with Gasteiger partial charge in [0.15, 0.2) is 11.5 Å². The van der Waals surface area contributed by atoms with E-state index in [-0.39, 0.29) is 11.3 Å². The lowest BCUT2D eigenvalue weighted by molar-refractivity contribution is -0.132. The summed E-state index contributed by atoms with van der Waals surface area (Å²) in [5.74, 6) is -0.242. The number of hydrogen-bond acceptors (Lipinski definition) is 6. The van der Waals surface area contributed by atoms with E-state index in [0.717, 1.165) is 5.56 Å². The maximum Gasteiger partial charge on any atom is 0.300 e. The molecule has 0 bridgehead atoms. The van der Waals surface area contributed by atoms with E-state index in [2.05, 4.69) is 0 Å². The van der Waals surface area contributed by atoms with Crippen molar-refractivity contribution in [1.82, 2.24) is 0 Å². The molecule has 0 spiro atoms. The van der Waals surface area contributed by atoms with Gasteiger partial charge < -0.3 is 19.3 Å². The fraction of sp³-hybridized carbons (Fsp3) is 0.214. The van der Waals surface area contributed by atoms with Crippen LogP contribution in [0, 0.1) is 6.92 Å². The van der Waals surface area contributed by atoms with Crippen LogP contribution in [0.2, 0.25) is 0 Å². The van der Waals surface area contributed by atoms with Crippen molar-refractivity contribution in [2.24, 2.45) is 0 Å². The van der Waals surface area contributed by atoms with Gasteiger partial charge in [-0.2, -0.15) is 0 Å². The number of ketones is 1. The number of rotatable bonds is 7. The number of aryl methyl sites for hydroxylation is 1. The summed E-state index contributed by atoms with van der Waals surface area (Å²) in [7, 11) is 3.00. The van der Waals surface area contributed by atoms with Crippen molar-refractivity contribution in [3.05, 3.63) is 89.0 Å². The molecule has 1 unspecified atom stereocenters. The van der Waals surface area contributed by atoms with Crippen LogP contribution in [0.3, 0.4) is 0 Å². The topological polar surface area (TPSA) is 85.3 Å². The van der Waals surface area contributed by atoms with Gasteiger partial charge in [-0.05, 0) is 61.9 Å². The molecular weight excluding hydrogens is 446 g/mol. The average molecular weight is 474 g/mol. The number of aliphatic hydroxyl groups excluding tert-OH is 1. The molecule has 1 saturated heterocycles. The SMILES string of the molecule is CCOc1ccc(N2C(=O)C(=O)/C(=C(\O)c3ccc(OC)c(OC)c3)C2c2cccc(C)c2)cc1. The third-order valence-corrected chi connectivity index (χ3v) is 5.89. The molecule has 1 aliphatic rings. The van der Waals surface area contributed by atoms with E-state index in [0.29, 0.717) is 40.7 Å². The van der Waals surface area contributed by atoms with Crippen LogP contribution >= 0.6 is 0 Å². The first-order valence-corrected chi connectivity index (χ1v) is 11.2. The maximum atomic E-state index is 13.3. The zero-order chi connectivity index (χ0) is 25.1. The van der Waals surface area contributed by atoms with Crippen molar-refractivity contribution in [2.45, 2.75) is 19.9 Å². The van der Waals surface area contributed by atoms with Gasteiger partial charge in [0.05, 0.1) is 32.4 Å². The molecule has 0 radical (unpaired) electrons. The molecular formula is C28H27NO6. The minimum Gasteiger partial charge on any atom is -0.507 e. The number of amides is 1. The van der Waals surface area contributed by atoms with Gasteiger partial charge in [0.1, 0.15) is 11.5 Å². The molecule has 7 nitrogen and oxygen atoms in total. The Hall–Kier alpha value is -4.26. The molecule has 3 aromatic carbocycles. The molecule has 1 aliphatic heterocycles. The number of nitrogens with zero attached hydrogens (tertiary/aromatic N) is 1. The van der Waals surface area contributed by atoms with Crippen LogP contribution in [0.1, 0.15) is 29.7 Å². The predicted molar refractivity (Wildman–Crippen MR) is 133 cm³/mol. The molecule has 1 N–H and O–H groups in total. The van der Waals surface area contributed by atoms with Gasteiger partial charge in [-0.3, -0.25) is 14.5 Å². The molecule has 0 aliphatic carbocycles. The lowest BCUT2D eigenvalue weighted by Gasteiger charge is -2.26. The fourth-order valence-electron chi connectivity index (χ4n) is 4.26. The maximum absolute atomic E-state index is 13.3. The summed E-state index contributed by atoms with van der Waals surface area (Å²) in [6.07, 6.45) is 0. The van der Waals surface area contributed by atoms with Gasteiger partial charge in [0.2, 0.25) is 0 Å². The van der Waals surface area contributed by atoms with Crippen LogP contribution in [0.5, 0.6) is 17.2 Å². The first-order valence-electron chi connectivity index (χ1n) is 11.2. The third-order valence-electron chi connectivity index (χ3n) is 5.89. The van der Waals surface area contributed by atoms with Gasteiger partial charge in [0.25, 0.3) is 11.7 Å². The Morgan fingerprint density at radius 3 is 2.29 bits per heavy atom. The number of anilines is 1. The standard InChI is InChI=1S/C28H27NO6/c1-5-35-21-12-10-20(11-13-21)29-25(18-8-6-7-17(2)15-18)24(27(31)28(29)32)26(30)19-9-14-22(33-3)23(16-19)34-4/h6-16,25,30H,5H2,1-4H3/b26-24-. The van der Waals surface area contributed by atoms with E-state index in [1.807, 2.05) is 38.1 Å². The molecule has 1 amide bonds. The number of carbonyl (C=O) groups excluding carboxylic acids is 2. The highest BCUT2D eigenvalue weighted by Gasteiger charge is 2.47. The highest BCUT2D eigenvalue weighted by molar-refractivity contribution is 6.51. The van der Waals surface area contributed by atoms with Crippen molar-refractivity contribution < 1.29 is 28.9 Å². The summed E-state index contributed by atoms with van der Waals surface area (Å²) in [5, 5.41) is 11.3. The zero-order valence-corrected chi connectivity index (χ0v) is 20.1. The number of carbonyl (C=O) groups is 2. The second-order valence-electron chi connectivity index (χ2n) is 8.08. The van der Waals surface area contributed by atoms with E-state index in [9.17, 15) is 14.7 Å². The second kappa shape index (κ2) is 9.93. The average Bonchev–Trinajstić information content (AvgIpc) is 3.14. The van der Waals surface area contributed by atoms with Crippen molar-refractivity contribution in [1.29, 1.82) is 0 Å². The van der Waals surface area contributed by atoms with E-state index < -0.39 is 17.7 Å². The molecule has 0 aromatic heterocycles. The van der Waals surface area contributed by atoms with Crippen LogP contribution in [0.15, 0.2) is 72.3 Å². The lowest BCUT2D eigenvalue weighted by atomic mass is 9.94. The van der Waals surface area contributed by atoms with Gasteiger partial charge in [-0.25, -0.2) is 0 Å². The lowest BCUT2D eigenvalue weighted by Crippen LogP contribution is -2.29. The normalized spacial score (nSPS) is 16.9. The first-order chi connectivity index (χ1) is 16.9. The van der Waals surface area contributed by atoms with Crippen LogP contribution in [0.25, 0.3) is 5.76 Å². The van der Waals surface area contributed by atoms with Gasteiger partial charge in [-0.15, -0.1) is 0 Å². The molecule has 35 heavy (non-hydrogen) atoms. The van der Waals surface area contributed by atoms with Gasteiger partial charge in [-0.1, -0.05) is 29.8 Å². The molecule has 7 heteroatoms. The van der Waals surface area contributed by atoms with E-state index in [1.54, 1.807) is 42.5 Å². The van der Waals surface area contributed by atoms with Crippen molar-refractivity contribution in [3.63, 3.8) is 0 Å². The summed E-state index contributed by atoms with van der Waals surface area (Å²) in [5.41, 5.74) is 2.53. The summed E-state index contributed by atoms with van der Waals surface area (Å²) in [6.45, 7) is 4.33. The Balaban J connectivity index is 1.90. The Labute approximate surface area is 204 Å². The van der Waals surface area contributed by atoms with E-state index in [1.165, 1.54) is 19.1 Å². The number of methoxy groups -OCH3 is 2. The number of benzene rings is 3. The molecule has 1 heterocycles. The number of hydrogen-bond donors (Lipinski definition) is 1. The minimum absolute atomic E-state index is 0.00158. The van der Waals surface area contributed by atoms with Crippen LogP contribution in [-0.4, -0.2) is 37.6 Å². The number of ether oxygens (including phenoxy) is 3. The largest absolute Gasteiger partial charge is 0.507 e. The molecule has 1 fully saturated rings. The summed E-state index contributed by atoms with van der Waals surface area (Å²) in [6, 6.07) is 18.5. The highest BCUT2D eigenvalue weighted by atomic mass is 16.5. The van der Waals surface area contributed by atoms with Crippen LogP contribution in [-0.2, 0) is 9.59 Å². The van der Waals surface area contributed by atoms with Gasteiger partial charge in [0, 0.05) is 11.3 Å². The molecule has 0 saturated carbocycles. The summed E-state index contributed by atoms with van der Waals surface area (Å²) >= 11 is 0. The van der Waals surface area contributed by atoms with Crippen LogP contribution in [0.4, 0.5) is 5.69 Å². The molecule has 3 aromatic rings. The molecule has 4 rings (SSSR count). The summed E-state index contributed by atoms with van der Waals surface area (Å²) in [4.78, 5) is 28.1. The van der Waals surface area contributed by atoms with E-state index in [4.69, 9.17) is 14.2 Å². The monoisotopic (exact) mass is 473 g/mol. The third kappa shape index (κ3) is 4.45. The van der Waals surface area contributed by atoms with Gasteiger partial charge >= 0.3 is 0 Å². The number of Topliss-reactive ketones (excluding diaryl/α,β-unsaturated/α-hetero) is 1. The minimum atomic E-state index is -0.819. The van der Waals surface area contributed by atoms with Crippen molar-refractivity contribution >= 4 is 23.1 Å². The predicted octanol–water partition coefficient (Wildman–Crippen LogP) is 5.04. The summed E-state index contributed by atoms with van der Waals surface area (Å²) < 4.78 is 16.1. The highest BCUT2D eigenvalue weighted by Crippen LogP contribution is 2.43. The smallest absolute Gasteiger partial charge is 0.300 e. The first kappa shape index (κ1) is 23.9.